The summed E-state index contributed by atoms with van der Waals surface area (Å²) in [4.78, 5) is 27.6. The second-order valence-electron chi connectivity index (χ2n) is 9.04. The Hall–Kier alpha value is -4.09. The third-order valence-corrected chi connectivity index (χ3v) is 4.95. The fraction of sp³-hybridized carbons (Fsp3) is 0.360. The van der Waals surface area contributed by atoms with Gasteiger partial charge in [0.1, 0.15) is 5.60 Å². The minimum absolute atomic E-state index is 0.223. The van der Waals surface area contributed by atoms with Gasteiger partial charge >= 0.3 is 12.3 Å². The zero-order valence-electron chi connectivity index (χ0n) is 20.8. The van der Waals surface area contributed by atoms with Gasteiger partial charge in [0.15, 0.2) is 5.69 Å². The third kappa shape index (κ3) is 7.95. The number of halogens is 3. The number of benzene rings is 1. The monoisotopic (exact) mass is 519 g/mol. The molecule has 0 saturated heterocycles. The second kappa shape index (κ2) is 11.3. The van der Waals surface area contributed by atoms with Crippen LogP contribution in [0.1, 0.15) is 32.0 Å². The molecule has 0 bridgehead atoms. The molecule has 0 saturated carbocycles. The largest absolute Gasteiger partial charge is 0.481 e. The van der Waals surface area contributed by atoms with Crippen molar-refractivity contribution in [2.24, 2.45) is 0 Å². The van der Waals surface area contributed by atoms with Crippen molar-refractivity contribution in [1.29, 1.82) is 0 Å². The summed E-state index contributed by atoms with van der Waals surface area (Å²) >= 11 is 0. The first kappa shape index (κ1) is 27.5. The van der Waals surface area contributed by atoms with Crippen LogP contribution in [-0.2, 0) is 22.1 Å². The van der Waals surface area contributed by atoms with Gasteiger partial charge in [-0.05, 0) is 44.9 Å². The number of aromatic nitrogens is 3. The third-order valence-electron chi connectivity index (χ3n) is 4.95. The summed E-state index contributed by atoms with van der Waals surface area (Å²) in [7, 11) is 1.44. The number of hydrogen-bond donors (Lipinski definition) is 2. The van der Waals surface area contributed by atoms with Crippen LogP contribution in [0.15, 0.2) is 48.7 Å². The standard InChI is InChI=1S/C25H28F3N5O4/c1-24(2,3)37-23(35)31-15-21(34)29-12-11-16-5-7-17(8-6-16)19-13-20(25(26,27)28)32-33(19)18-9-10-22(36-4)30-14-18/h5-10,13-14H,11-12,15H2,1-4H3,(H,29,34)(H,31,35). The van der Waals surface area contributed by atoms with Crippen LogP contribution >= 0.6 is 0 Å². The topological polar surface area (TPSA) is 107 Å². The van der Waals surface area contributed by atoms with Crippen molar-refractivity contribution in [3.05, 3.63) is 59.9 Å². The first-order valence-electron chi connectivity index (χ1n) is 11.4. The molecule has 3 rings (SSSR count). The number of nitrogens with one attached hydrogen (secondary N) is 2. The Balaban J connectivity index is 1.64. The fourth-order valence-corrected chi connectivity index (χ4v) is 3.26. The Kier molecular flexibility index (Phi) is 8.41. The van der Waals surface area contributed by atoms with E-state index in [4.69, 9.17) is 9.47 Å². The van der Waals surface area contributed by atoms with Gasteiger partial charge in [-0.15, -0.1) is 0 Å². The van der Waals surface area contributed by atoms with Gasteiger partial charge in [-0.3, -0.25) is 4.79 Å². The molecule has 2 aromatic heterocycles. The molecule has 2 N–H and O–H groups in total. The minimum Gasteiger partial charge on any atom is -0.481 e. The first-order valence-corrected chi connectivity index (χ1v) is 11.4. The number of nitrogens with zero attached hydrogens (tertiary/aromatic N) is 3. The van der Waals surface area contributed by atoms with Crippen molar-refractivity contribution in [2.45, 2.75) is 39.0 Å². The Morgan fingerprint density at radius 2 is 1.73 bits per heavy atom. The summed E-state index contributed by atoms with van der Waals surface area (Å²) in [6.07, 6.45) is -3.44. The summed E-state index contributed by atoms with van der Waals surface area (Å²) in [6.45, 7) is 5.24. The van der Waals surface area contributed by atoms with Gasteiger partial charge in [0.25, 0.3) is 0 Å². The highest BCUT2D eigenvalue weighted by molar-refractivity contribution is 5.82. The smallest absolute Gasteiger partial charge is 0.435 e. The molecular weight excluding hydrogens is 491 g/mol. The van der Waals surface area contributed by atoms with E-state index in [0.29, 0.717) is 30.1 Å². The zero-order valence-corrected chi connectivity index (χ0v) is 20.8. The molecule has 0 fully saturated rings. The molecule has 9 nitrogen and oxygen atoms in total. The van der Waals surface area contributed by atoms with Gasteiger partial charge < -0.3 is 20.1 Å². The molecule has 12 heteroatoms. The molecule has 198 valence electrons. The van der Waals surface area contributed by atoms with Crippen molar-refractivity contribution >= 4 is 12.0 Å². The maximum Gasteiger partial charge on any atom is 0.435 e. The molecule has 0 atom stereocenters. The summed E-state index contributed by atoms with van der Waals surface area (Å²) in [6, 6.07) is 11.0. The average Bonchev–Trinajstić information content (AvgIpc) is 3.28. The van der Waals surface area contributed by atoms with E-state index in [-0.39, 0.29) is 18.1 Å². The molecule has 0 aliphatic heterocycles. The normalized spacial score (nSPS) is 11.6. The van der Waals surface area contributed by atoms with Crippen molar-refractivity contribution < 1.29 is 32.2 Å². The summed E-state index contributed by atoms with van der Waals surface area (Å²) in [5.74, 6) is -0.0512. The van der Waals surface area contributed by atoms with Crippen LogP contribution in [0.25, 0.3) is 16.9 Å². The molecule has 0 spiro atoms. The van der Waals surface area contributed by atoms with Gasteiger partial charge in [-0.25, -0.2) is 14.5 Å². The molecule has 0 aliphatic rings. The molecule has 2 amide bonds. The molecule has 1 aromatic carbocycles. The number of carbonyl (C=O) groups is 2. The van der Waals surface area contributed by atoms with Crippen LogP contribution in [-0.4, -0.2) is 52.6 Å². The molecule has 0 unspecified atom stereocenters. The number of alkyl halides is 3. The fourth-order valence-electron chi connectivity index (χ4n) is 3.26. The van der Waals surface area contributed by atoms with Crippen LogP contribution in [0.4, 0.5) is 18.0 Å². The highest BCUT2D eigenvalue weighted by Gasteiger charge is 2.35. The summed E-state index contributed by atoms with van der Waals surface area (Å²) in [5, 5.41) is 8.82. The number of ether oxygens (including phenoxy) is 2. The van der Waals surface area contributed by atoms with Crippen molar-refractivity contribution in [3.63, 3.8) is 0 Å². The average molecular weight is 520 g/mol. The molecule has 37 heavy (non-hydrogen) atoms. The van der Waals surface area contributed by atoms with Gasteiger partial charge in [0.05, 0.1) is 31.2 Å². The first-order chi connectivity index (χ1) is 17.4. The summed E-state index contributed by atoms with van der Waals surface area (Å²) < 4.78 is 51.4. The van der Waals surface area contributed by atoms with Crippen LogP contribution in [0, 0.1) is 0 Å². The van der Waals surface area contributed by atoms with E-state index in [1.54, 1.807) is 51.1 Å². The van der Waals surface area contributed by atoms with Crippen LogP contribution in [0.3, 0.4) is 0 Å². The number of amides is 2. The lowest BCUT2D eigenvalue weighted by atomic mass is 10.1. The maximum atomic E-state index is 13.4. The second-order valence-corrected chi connectivity index (χ2v) is 9.04. The Morgan fingerprint density at radius 1 is 1.03 bits per heavy atom. The van der Waals surface area contributed by atoms with E-state index < -0.39 is 23.6 Å². The van der Waals surface area contributed by atoms with Crippen molar-refractivity contribution in [2.75, 3.05) is 20.2 Å². The van der Waals surface area contributed by atoms with E-state index in [1.165, 1.54) is 24.1 Å². The predicted octanol–water partition coefficient (Wildman–Crippen LogP) is 4.15. The lowest BCUT2D eigenvalue weighted by molar-refractivity contribution is -0.141. The lowest BCUT2D eigenvalue weighted by Gasteiger charge is -2.19. The van der Waals surface area contributed by atoms with Gasteiger partial charge in [-0.1, -0.05) is 24.3 Å². The molecule has 0 aliphatic carbocycles. The van der Waals surface area contributed by atoms with Crippen LogP contribution in [0.2, 0.25) is 0 Å². The number of pyridine rings is 1. The van der Waals surface area contributed by atoms with Gasteiger partial charge in [0.2, 0.25) is 11.8 Å². The number of alkyl carbamates (subject to hydrolysis) is 1. The van der Waals surface area contributed by atoms with E-state index in [2.05, 4.69) is 20.7 Å². The number of hydrogen-bond acceptors (Lipinski definition) is 6. The molecule has 0 radical (unpaired) electrons. The van der Waals surface area contributed by atoms with Crippen molar-refractivity contribution in [1.82, 2.24) is 25.4 Å². The Morgan fingerprint density at radius 3 is 2.30 bits per heavy atom. The van der Waals surface area contributed by atoms with Gasteiger partial charge in [-0.2, -0.15) is 18.3 Å². The zero-order chi connectivity index (χ0) is 27.2. The predicted molar refractivity (Wildman–Crippen MR) is 129 cm³/mol. The number of rotatable bonds is 8. The minimum atomic E-state index is -4.61. The Bertz CT molecular complexity index is 1220. The highest BCUT2D eigenvalue weighted by Crippen LogP contribution is 2.33. The molecular formula is C25H28F3N5O4. The lowest BCUT2D eigenvalue weighted by Crippen LogP contribution is -2.40. The number of carbonyl (C=O) groups excluding carboxylic acids is 2. The van der Waals surface area contributed by atoms with Crippen LogP contribution < -0.4 is 15.4 Å². The van der Waals surface area contributed by atoms with Gasteiger partial charge in [0, 0.05) is 18.2 Å². The molecule has 3 aromatic rings. The summed E-state index contributed by atoms with van der Waals surface area (Å²) in [5.41, 5.74) is 0.283. The molecule has 2 heterocycles. The maximum absolute atomic E-state index is 13.4. The SMILES string of the molecule is COc1ccc(-n2nc(C(F)(F)F)cc2-c2ccc(CCNC(=O)CNC(=O)OC(C)(C)C)cc2)cn1. The number of methoxy groups -OCH3 is 1. The van der Waals surface area contributed by atoms with E-state index in [9.17, 15) is 22.8 Å². The highest BCUT2D eigenvalue weighted by atomic mass is 19.4. The van der Waals surface area contributed by atoms with E-state index in [1.807, 2.05) is 0 Å². The quantitative estimate of drug-likeness (QED) is 0.463. The Labute approximate surface area is 212 Å². The van der Waals surface area contributed by atoms with E-state index in [0.717, 1.165) is 11.6 Å². The van der Waals surface area contributed by atoms with E-state index >= 15 is 0 Å². The van der Waals surface area contributed by atoms with Crippen LogP contribution in [0.5, 0.6) is 5.88 Å². The van der Waals surface area contributed by atoms with Crippen molar-refractivity contribution in [3.8, 4) is 22.8 Å².